The Labute approximate surface area is 405 Å². The van der Waals surface area contributed by atoms with E-state index in [2.05, 4.69) is 43.8 Å². The van der Waals surface area contributed by atoms with Gasteiger partial charge in [-0.05, 0) is 113 Å². The molecule has 5 saturated heterocycles. The highest BCUT2D eigenvalue weighted by Crippen LogP contribution is 2.38. The average molecular weight is 954 g/mol. The molecule has 0 spiro atoms. The number of carbonyl (C=O) groups is 4. The number of anilines is 2. The molecule has 19 heteroatoms. The summed E-state index contributed by atoms with van der Waals surface area (Å²) in [6.07, 6.45) is 16.5. The SMILES string of the molecule is CCC1(C(=O)NC2CCOCC2)CCN(c2ccc(-c3nc(-c4cnn(C5CCN(C(=O)CN6CCC(c7ccc(NC8CCC(=O)NC8=O)cc7F)CC6)CC5)c4)cn4ncc(C#N)c34)cn2)CC1. The molecule has 1 atom stereocenters. The van der Waals surface area contributed by atoms with Crippen molar-refractivity contribution < 1.29 is 28.3 Å². The molecule has 0 aliphatic carbocycles. The Morgan fingerprint density at radius 3 is 2.40 bits per heavy atom. The van der Waals surface area contributed by atoms with Gasteiger partial charge in [0.15, 0.2) is 0 Å². The fraction of sp³-hybridized carbons (Fsp3) is 0.510. The molecule has 366 valence electrons. The number of nitriles is 1. The number of halogens is 1. The summed E-state index contributed by atoms with van der Waals surface area (Å²) in [6, 6.07) is 10.9. The predicted octanol–water partition coefficient (Wildman–Crippen LogP) is 5.22. The minimum absolute atomic E-state index is 0.0333. The summed E-state index contributed by atoms with van der Waals surface area (Å²) < 4.78 is 24.5. The Morgan fingerprint density at radius 2 is 1.70 bits per heavy atom. The number of imide groups is 1. The van der Waals surface area contributed by atoms with Gasteiger partial charge in [-0.2, -0.15) is 15.5 Å². The Kier molecular flexibility index (Phi) is 13.6. The number of fused-ring (bicyclic) bond motifs is 1. The molecule has 5 aliphatic heterocycles. The Morgan fingerprint density at radius 1 is 0.914 bits per heavy atom. The molecule has 4 amide bonds. The molecule has 5 aromatic rings. The second-order valence-corrected chi connectivity index (χ2v) is 19.6. The lowest BCUT2D eigenvalue weighted by Gasteiger charge is -2.41. The Balaban J connectivity index is 0.729. The van der Waals surface area contributed by atoms with Gasteiger partial charge in [0.1, 0.15) is 34.8 Å². The van der Waals surface area contributed by atoms with Crippen molar-refractivity contribution >= 4 is 40.7 Å². The maximum absolute atomic E-state index is 15.3. The molecular formula is C51H60FN13O5. The van der Waals surface area contributed by atoms with E-state index in [4.69, 9.17) is 19.8 Å². The van der Waals surface area contributed by atoms with E-state index in [1.54, 1.807) is 35.2 Å². The summed E-state index contributed by atoms with van der Waals surface area (Å²) in [5, 5.41) is 28.0. The van der Waals surface area contributed by atoms with Crippen molar-refractivity contribution in [2.45, 2.75) is 102 Å². The van der Waals surface area contributed by atoms with Gasteiger partial charge in [0, 0.05) is 81.1 Å². The lowest BCUT2D eigenvalue weighted by atomic mass is 9.75. The van der Waals surface area contributed by atoms with Crippen LogP contribution in [0.15, 0.2) is 61.3 Å². The summed E-state index contributed by atoms with van der Waals surface area (Å²) in [6.45, 7) is 7.86. The van der Waals surface area contributed by atoms with Gasteiger partial charge in [0.05, 0.1) is 48.0 Å². The van der Waals surface area contributed by atoms with Gasteiger partial charge in [0.25, 0.3) is 0 Å². The van der Waals surface area contributed by atoms with E-state index in [0.29, 0.717) is 86.1 Å². The number of aromatic nitrogens is 6. The molecule has 10 rings (SSSR count). The molecule has 1 aromatic carbocycles. The Hall–Kier alpha value is -6.78. The standard InChI is InChI=1S/C51H60FN13O5/c1-2-51(50(69)58-37-13-23-70-24-14-37)15-21-62(22-16-51)44-7-3-34(27-54-44)47-48-35(26-53)28-56-65(48)31-43(59-47)36-29-55-64(30-36)39-11-19-63(20-12-39)46(67)32-61-17-9-33(10-18-61)40-5-4-38(25-41(40)52)57-42-6-8-45(66)60-49(42)68/h3-5,7,25,27-31,33,37,39,42,57H,2,6,8-24,32H2,1H3,(H,58,69)(H,60,66,68). The van der Waals surface area contributed by atoms with Crippen molar-refractivity contribution in [1.29, 1.82) is 5.26 Å². The van der Waals surface area contributed by atoms with Gasteiger partial charge in [-0.1, -0.05) is 13.0 Å². The lowest BCUT2D eigenvalue weighted by molar-refractivity contribution is -0.135. The fourth-order valence-electron chi connectivity index (χ4n) is 11.0. The maximum atomic E-state index is 15.3. The second-order valence-electron chi connectivity index (χ2n) is 19.6. The van der Waals surface area contributed by atoms with Gasteiger partial charge in [0.2, 0.25) is 23.6 Å². The third-order valence-electron chi connectivity index (χ3n) is 15.5. The molecule has 0 saturated carbocycles. The van der Waals surface area contributed by atoms with Gasteiger partial charge in [-0.25, -0.2) is 18.9 Å². The summed E-state index contributed by atoms with van der Waals surface area (Å²) in [4.78, 5) is 67.0. The number of ether oxygens (including phenoxy) is 1. The molecule has 1 unspecified atom stereocenters. The zero-order chi connectivity index (χ0) is 48.4. The number of likely N-dealkylation sites (tertiary alicyclic amines) is 2. The van der Waals surface area contributed by atoms with Crippen LogP contribution in [-0.2, 0) is 23.9 Å². The first-order valence-electron chi connectivity index (χ1n) is 24.9. The van der Waals surface area contributed by atoms with E-state index in [0.717, 1.165) is 87.8 Å². The average Bonchev–Trinajstić information content (AvgIpc) is 4.06. The van der Waals surface area contributed by atoms with Crippen molar-refractivity contribution in [1.82, 2.24) is 49.8 Å². The Bertz CT molecular complexity index is 2770. The van der Waals surface area contributed by atoms with Crippen LogP contribution in [-0.4, -0.2) is 134 Å². The van der Waals surface area contributed by atoms with E-state index < -0.39 is 17.4 Å². The van der Waals surface area contributed by atoms with Gasteiger partial charge in [-0.15, -0.1) is 0 Å². The molecule has 4 aromatic heterocycles. The van der Waals surface area contributed by atoms with Crippen LogP contribution in [0.3, 0.4) is 0 Å². The highest BCUT2D eigenvalue weighted by atomic mass is 19.1. The summed E-state index contributed by atoms with van der Waals surface area (Å²) in [5.74, 6) is 0.0969. The third kappa shape index (κ3) is 9.84. The normalized spacial score (nSPS) is 20.8. The zero-order valence-corrected chi connectivity index (χ0v) is 39.6. The molecule has 3 N–H and O–H groups in total. The fourth-order valence-corrected chi connectivity index (χ4v) is 11.0. The molecular weight excluding hydrogens is 894 g/mol. The topological polar surface area (TPSA) is 208 Å². The van der Waals surface area contributed by atoms with E-state index in [1.807, 2.05) is 34.1 Å². The number of nitrogens with zero attached hydrogens (tertiary/aromatic N) is 10. The van der Waals surface area contributed by atoms with Crippen LogP contribution in [0, 0.1) is 22.6 Å². The highest BCUT2D eigenvalue weighted by Gasteiger charge is 2.41. The monoisotopic (exact) mass is 953 g/mol. The number of nitrogens with one attached hydrogen (secondary N) is 3. The number of carbonyl (C=O) groups excluding carboxylic acids is 4. The van der Waals surface area contributed by atoms with Crippen molar-refractivity contribution in [3.05, 3.63) is 78.3 Å². The van der Waals surface area contributed by atoms with E-state index in [9.17, 15) is 24.4 Å². The number of rotatable bonds is 12. The van der Waals surface area contributed by atoms with Gasteiger partial charge >= 0.3 is 0 Å². The molecule has 0 radical (unpaired) electrons. The predicted molar refractivity (Wildman–Crippen MR) is 258 cm³/mol. The van der Waals surface area contributed by atoms with Crippen molar-refractivity contribution in [3.63, 3.8) is 0 Å². The van der Waals surface area contributed by atoms with Gasteiger partial charge < -0.3 is 25.2 Å². The highest BCUT2D eigenvalue weighted by molar-refractivity contribution is 6.01. The van der Waals surface area contributed by atoms with E-state index >= 15 is 4.39 Å². The largest absolute Gasteiger partial charge is 0.381 e. The minimum Gasteiger partial charge on any atom is -0.381 e. The number of hydrogen-bond acceptors (Lipinski definition) is 13. The van der Waals surface area contributed by atoms with Crippen LogP contribution in [0.25, 0.3) is 28.0 Å². The quantitative estimate of drug-likeness (QED) is 0.137. The summed E-state index contributed by atoms with van der Waals surface area (Å²) >= 11 is 0. The molecule has 5 aliphatic rings. The molecule has 70 heavy (non-hydrogen) atoms. The summed E-state index contributed by atoms with van der Waals surface area (Å²) in [7, 11) is 0. The minimum atomic E-state index is -0.577. The first-order chi connectivity index (χ1) is 34.1. The summed E-state index contributed by atoms with van der Waals surface area (Å²) in [5.41, 5.74) is 4.54. The third-order valence-corrected chi connectivity index (χ3v) is 15.5. The van der Waals surface area contributed by atoms with Crippen LogP contribution < -0.4 is 20.9 Å². The zero-order valence-electron chi connectivity index (χ0n) is 39.6. The molecule has 0 bridgehead atoms. The maximum Gasteiger partial charge on any atom is 0.249 e. The van der Waals surface area contributed by atoms with Crippen LogP contribution in [0.5, 0.6) is 0 Å². The number of benzene rings is 1. The second kappa shape index (κ2) is 20.3. The first-order valence-corrected chi connectivity index (χ1v) is 24.9. The molecule has 5 fully saturated rings. The van der Waals surface area contributed by atoms with Crippen molar-refractivity contribution in [2.24, 2.45) is 5.41 Å². The van der Waals surface area contributed by atoms with E-state index in [1.165, 1.54) is 6.07 Å². The number of pyridine rings is 1. The number of piperidine rings is 4. The van der Waals surface area contributed by atoms with Crippen LogP contribution >= 0.6 is 0 Å². The van der Waals surface area contributed by atoms with Gasteiger partial charge in [-0.3, -0.25) is 34.1 Å². The molecule has 9 heterocycles. The lowest BCUT2D eigenvalue weighted by Crippen LogP contribution is -2.52. The van der Waals surface area contributed by atoms with Crippen LogP contribution in [0.4, 0.5) is 15.9 Å². The van der Waals surface area contributed by atoms with Crippen molar-refractivity contribution in [3.8, 4) is 28.6 Å². The first kappa shape index (κ1) is 46.9. The number of amides is 4. The van der Waals surface area contributed by atoms with E-state index in [-0.39, 0.29) is 48.0 Å². The van der Waals surface area contributed by atoms with Crippen LogP contribution in [0.2, 0.25) is 0 Å². The number of hydrogen-bond donors (Lipinski definition) is 3. The smallest absolute Gasteiger partial charge is 0.249 e. The van der Waals surface area contributed by atoms with Crippen molar-refractivity contribution in [2.75, 3.05) is 69.2 Å². The van der Waals surface area contributed by atoms with Crippen LogP contribution in [0.1, 0.15) is 101 Å². The molecule has 18 nitrogen and oxygen atoms in total.